The Bertz CT molecular complexity index is 1170. The molecule has 2 heterocycles. The van der Waals surface area contributed by atoms with Crippen LogP contribution in [0.25, 0.3) is 11.1 Å². The molecule has 1 N–H and O–H groups in total. The number of amides is 3. The topological polar surface area (TPSA) is 102 Å². The molecule has 4 atom stereocenters. The van der Waals surface area contributed by atoms with Crippen molar-refractivity contribution < 1.29 is 28.7 Å². The molecule has 2 fully saturated rings. The number of carbonyl (C=O) groups is 4. The van der Waals surface area contributed by atoms with Gasteiger partial charge in [0, 0.05) is 10.9 Å². The van der Waals surface area contributed by atoms with Gasteiger partial charge in [-0.05, 0) is 42.9 Å². The van der Waals surface area contributed by atoms with Crippen molar-refractivity contribution in [2.24, 2.45) is 23.7 Å². The number of carbonyl (C=O) groups excluding carboxylic acids is 4. The summed E-state index contributed by atoms with van der Waals surface area (Å²) in [7, 11) is 1.57. The first-order valence-electron chi connectivity index (χ1n) is 11.2. The maximum atomic E-state index is 12.9. The highest BCUT2D eigenvalue weighted by atomic mass is 32.1. The van der Waals surface area contributed by atoms with Crippen molar-refractivity contribution in [2.45, 2.75) is 13.3 Å². The normalized spacial score (nSPS) is 24.5. The van der Waals surface area contributed by atoms with Gasteiger partial charge in [-0.1, -0.05) is 24.3 Å². The number of ether oxygens (including phenoxy) is 2. The predicted octanol–water partition coefficient (Wildman–Crippen LogP) is 3.35. The summed E-state index contributed by atoms with van der Waals surface area (Å²) in [6, 6.07) is 7.20. The van der Waals surface area contributed by atoms with E-state index < -0.39 is 11.9 Å². The number of thiophene rings is 1. The van der Waals surface area contributed by atoms with Gasteiger partial charge in [-0.25, -0.2) is 4.79 Å². The Hall–Kier alpha value is -3.46. The quantitative estimate of drug-likeness (QED) is 0.371. The number of anilines is 1. The maximum absolute atomic E-state index is 12.9. The molecule has 9 heteroatoms. The van der Waals surface area contributed by atoms with E-state index in [1.807, 2.05) is 24.3 Å². The number of allylic oxidation sites excluding steroid dienone is 2. The summed E-state index contributed by atoms with van der Waals surface area (Å²) in [6.45, 7) is 1.52. The van der Waals surface area contributed by atoms with E-state index in [9.17, 15) is 19.2 Å². The van der Waals surface area contributed by atoms with Crippen LogP contribution in [0.3, 0.4) is 0 Å². The Morgan fingerprint density at radius 3 is 2.32 bits per heavy atom. The van der Waals surface area contributed by atoms with E-state index in [1.165, 1.54) is 11.3 Å². The largest absolute Gasteiger partial charge is 0.497 e. The summed E-state index contributed by atoms with van der Waals surface area (Å²) in [5.74, 6) is -1.51. The molecule has 0 spiro atoms. The first-order valence-corrected chi connectivity index (χ1v) is 12.1. The maximum Gasteiger partial charge on any atom is 0.341 e. The molecule has 1 aromatic carbocycles. The van der Waals surface area contributed by atoms with Crippen LogP contribution >= 0.6 is 11.3 Å². The second kappa shape index (κ2) is 8.72. The Balaban J connectivity index is 1.36. The third-order valence-corrected chi connectivity index (χ3v) is 7.68. The third kappa shape index (κ3) is 3.60. The summed E-state index contributed by atoms with van der Waals surface area (Å²) < 4.78 is 10.4. The molecular formula is C25H24N2O6S. The van der Waals surface area contributed by atoms with Crippen LogP contribution < -0.4 is 10.1 Å². The number of benzene rings is 1. The van der Waals surface area contributed by atoms with E-state index in [4.69, 9.17) is 9.47 Å². The molecule has 3 amide bonds. The number of nitrogens with one attached hydrogen (secondary N) is 1. The van der Waals surface area contributed by atoms with Crippen LogP contribution in [0.2, 0.25) is 0 Å². The zero-order valence-electron chi connectivity index (χ0n) is 18.8. The van der Waals surface area contributed by atoms with E-state index in [1.54, 1.807) is 31.5 Å². The average molecular weight is 481 g/mol. The lowest BCUT2D eigenvalue weighted by atomic mass is 9.85. The highest BCUT2D eigenvalue weighted by Crippen LogP contribution is 2.52. The van der Waals surface area contributed by atoms with Gasteiger partial charge in [0.15, 0.2) is 0 Å². The van der Waals surface area contributed by atoms with Crippen LogP contribution in [0.4, 0.5) is 5.00 Å². The molecule has 3 aliphatic rings. The van der Waals surface area contributed by atoms with E-state index in [-0.39, 0.29) is 54.2 Å². The Morgan fingerprint density at radius 1 is 1.09 bits per heavy atom. The smallest absolute Gasteiger partial charge is 0.341 e. The second-order valence-corrected chi connectivity index (χ2v) is 9.49. The Morgan fingerprint density at radius 2 is 1.74 bits per heavy atom. The van der Waals surface area contributed by atoms with Crippen LogP contribution in [0.5, 0.6) is 5.75 Å². The molecular weight excluding hydrogens is 456 g/mol. The number of fused-ring (bicyclic) bond motifs is 5. The number of likely N-dealkylation sites (tertiary alicyclic amines) is 1. The highest BCUT2D eigenvalue weighted by molar-refractivity contribution is 7.15. The van der Waals surface area contributed by atoms with Crippen molar-refractivity contribution in [1.82, 2.24) is 4.90 Å². The van der Waals surface area contributed by atoms with Crippen molar-refractivity contribution in [2.75, 3.05) is 25.6 Å². The fourth-order valence-corrected chi connectivity index (χ4v) is 6.24. The third-order valence-electron chi connectivity index (χ3n) is 6.79. The summed E-state index contributed by atoms with van der Waals surface area (Å²) in [5, 5.41) is 4.81. The Labute approximate surface area is 200 Å². The van der Waals surface area contributed by atoms with Crippen LogP contribution in [-0.4, -0.2) is 48.9 Å². The summed E-state index contributed by atoms with van der Waals surface area (Å²) in [5.41, 5.74) is 1.62. The van der Waals surface area contributed by atoms with Gasteiger partial charge in [0.25, 0.3) is 0 Å². The molecule has 1 saturated heterocycles. The first kappa shape index (κ1) is 22.3. The fraction of sp³-hybridized carbons (Fsp3) is 0.360. The molecule has 34 heavy (non-hydrogen) atoms. The molecule has 2 bridgehead atoms. The minimum atomic E-state index is -0.560. The zero-order valence-corrected chi connectivity index (χ0v) is 19.6. The molecule has 5 rings (SSSR count). The molecule has 2 aliphatic carbocycles. The van der Waals surface area contributed by atoms with Gasteiger partial charge in [-0.2, -0.15) is 0 Å². The van der Waals surface area contributed by atoms with Crippen LogP contribution in [0, 0.1) is 23.7 Å². The number of hydrogen-bond donors (Lipinski definition) is 1. The van der Waals surface area contributed by atoms with Gasteiger partial charge in [0.2, 0.25) is 17.7 Å². The van der Waals surface area contributed by atoms with Crippen molar-refractivity contribution in [3.05, 3.63) is 47.4 Å². The first-order chi connectivity index (χ1) is 16.4. The minimum Gasteiger partial charge on any atom is -0.497 e. The molecule has 0 radical (unpaired) electrons. The van der Waals surface area contributed by atoms with Gasteiger partial charge in [0.1, 0.15) is 22.9 Å². The standard InChI is InChI=1S/C25H24N2O6S/c1-3-33-25(31)21-17(13-6-8-16(32-2)9-7-13)12-34-22(21)26-18(28)11-27-23(29)19-14-4-5-15(10-14)20(19)24(27)30/h4-9,12,14-15,19-20H,3,10-11H2,1-2H3,(H,26,28)/t14-,15-,19-,20-/m0/s1. The number of imide groups is 1. The summed E-state index contributed by atoms with van der Waals surface area (Å²) >= 11 is 1.19. The SMILES string of the molecule is CCOC(=O)c1c(-c2ccc(OC)cc2)csc1NC(=O)CN1C(=O)[C@@H]2[C@@H](C1=O)[C@H]1C=C[C@H]2C1. The number of hydrogen-bond acceptors (Lipinski definition) is 7. The van der Waals surface area contributed by atoms with Crippen molar-refractivity contribution in [3.8, 4) is 16.9 Å². The lowest BCUT2D eigenvalue weighted by Crippen LogP contribution is -2.39. The van der Waals surface area contributed by atoms with E-state index in [0.717, 1.165) is 16.9 Å². The van der Waals surface area contributed by atoms with E-state index >= 15 is 0 Å². The molecule has 2 aromatic rings. The molecule has 1 saturated carbocycles. The summed E-state index contributed by atoms with van der Waals surface area (Å²) in [4.78, 5) is 52.5. The van der Waals surface area contributed by atoms with Crippen molar-refractivity contribution in [3.63, 3.8) is 0 Å². The number of nitrogens with zero attached hydrogens (tertiary/aromatic N) is 1. The lowest BCUT2D eigenvalue weighted by molar-refractivity contribution is -0.143. The summed E-state index contributed by atoms with van der Waals surface area (Å²) in [6.07, 6.45) is 4.86. The fourth-order valence-electron chi connectivity index (χ4n) is 5.27. The number of methoxy groups -OCH3 is 1. The van der Waals surface area contributed by atoms with E-state index in [2.05, 4.69) is 5.32 Å². The van der Waals surface area contributed by atoms with Crippen LogP contribution in [0.15, 0.2) is 41.8 Å². The second-order valence-electron chi connectivity index (χ2n) is 8.61. The van der Waals surface area contributed by atoms with Crippen LogP contribution in [0.1, 0.15) is 23.7 Å². The van der Waals surface area contributed by atoms with E-state index in [0.29, 0.717) is 16.3 Å². The molecule has 176 valence electrons. The van der Waals surface area contributed by atoms with Crippen LogP contribution in [-0.2, 0) is 19.1 Å². The number of rotatable bonds is 7. The van der Waals surface area contributed by atoms with Crippen molar-refractivity contribution >= 4 is 40.0 Å². The monoisotopic (exact) mass is 480 g/mol. The molecule has 8 nitrogen and oxygen atoms in total. The van der Waals surface area contributed by atoms with Crippen molar-refractivity contribution in [1.29, 1.82) is 0 Å². The van der Waals surface area contributed by atoms with Gasteiger partial charge >= 0.3 is 5.97 Å². The van der Waals surface area contributed by atoms with Gasteiger partial charge in [0.05, 0.1) is 25.6 Å². The van der Waals surface area contributed by atoms with Gasteiger partial charge in [-0.15, -0.1) is 11.3 Å². The zero-order chi connectivity index (χ0) is 24.0. The average Bonchev–Trinajstić information content (AvgIpc) is 3.60. The highest BCUT2D eigenvalue weighted by Gasteiger charge is 2.59. The molecule has 0 unspecified atom stereocenters. The molecule has 1 aliphatic heterocycles. The molecule has 1 aromatic heterocycles. The predicted molar refractivity (Wildman–Crippen MR) is 125 cm³/mol. The number of esters is 1. The van der Waals surface area contributed by atoms with Gasteiger partial charge < -0.3 is 14.8 Å². The Kier molecular flexibility index (Phi) is 5.73. The lowest BCUT2D eigenvalue weighted by Gasteiger charge is -2.17. The van der Waals surface area contributed by atoms with Gasteiger partial charge in [-0.3, -0.25) is 19.3 Å². The minimum absolute atomic E-state index is 0.0827.